The fourth-order valence-electron chi connectivity index (χ4n) is 1.86. The van der Waals surface area contributed by atoms with E-state index in [4.69, 9.17) is 11.6 Å². The molecule has 6 heteroatoms. The van der Waals surface area contributed by atoms with E-state index in [0.717, 1.165) is 12.0 Å². The smallest absolute Gasteiger partial charge is 0.252 e. The van der Waals surface area contributed by atoms with Crippen molar-refractivity contribution >= 4 is 29.6 Å². The molecule has 1 aliphatic heterocycles. The Hall–Kier alpha value is -1.88. The molecule has 1 aromatic carbocycles. The average Bonchev–Trinajstić information content (AvgIpc) is 2.39. The van der Waals surface area contributed by atoms with Crippen LogP contribution in [0, 0.1) is 5.92 Å². The van der Waals surface area contributed by atoms with Gasteiger partial charge in [0.15, 0.2) is 0 Å². The molecular formula is C13H14ClN3O2. The van der Waals surface area contributed by atoms with Gasteiger partial charge in [0.05, 0.1) is 6.21 Å². The number of carbonyl (C=O) groups excluding carboxylic acids is 2. The molecule has 1 aliphatic rings. The van der Waals surface area contributed by atoms with Crippen LogP contribution < -0.4 is 10.7 Å². The highest BCUT2D eigenvalue weighted by atomic mass is 35.5. The van der Waals surface area contributed by atoms with Gasteiger partial charge in [0.2, 0.25) is 5.91 Å². The van der Waals surface area contributed by atoms with E-state index in [1.807, 2.05) is 6.07 Å². The van der Waals surface area contributed by atoms with Crippen molar-refractivity contribution in [3.63, 3.8) is 0 Å². The van der Waals surface area contributed by atoms with Crippen molar-refractivity contribution in [1.82, 2.24) is 10.7 Å². The number of benzene rings is 1. The molecule has 100 valence electrons. The molecule has 2 N–H and O–H groups in total. The fraction of sp³-hybridized carbons (Fsp3) is 0.308. The third-order valence-electron chi connectivity index (χ3n) is 2.84. The van der Waals surface area contributed by atoms with Crippen molar-refractivity contribution in [2.75, 3.05) is 6.54 Å². The molecule has 19 heavy (non-hydrogen) atoms. The van der Waals surface area contributed by atoms with Crippen LogP contribution in [0.15, 0.2) is 29.4 Å². The number of hydrazone groups is 1. The largest absolute Gasteiger partial charge is 0.355 e. The molecule has 1 atom stereocenters. The van der Waals surface area contributed by atoms with E-state index in [0.29, 0.717) is 18.0 Å². The van der Waals surface area contributed by atoms with Crippen molar-refractivity contribution in [2.24, 2.45) is 11.0 Å². The van der Waals surface area contributed by atoms with E-state index in [1.165, 1.54) is 6.21 Å². The van der Waals surface area contributed by atoms with Crippen LogP contribution >= 0.6 is 11.6 Å². The maximum absolute atomic E-state index is 11.8. The van der Waals surface area contributed by atoms with E-state index in [2.05, 4.69) is 15.8 Å². The second-order valence-electron chi connectivity index (χ2n) is 4.28. The molecule has 0 spiro atoms. The normalized spacial score (nSPS) is 19.2. The molecule has 0 saturated carbocycles. The maximum atomic E-state index is 11.8. The first-order valence-corrected chi connectivity index (χ1v) is 6.41. The summed E-state index contributed by atoms with van der Waals surface area (Å²) in [6, 6.07) is 7.09. The highest BCUT2D eigenvalue weighted by molar-refractivity contribution is 6.30. The van der Waals surface area contributed by atoms with E-state index in [9.17, 15) is 9.59 Å². The van der Waals surface area contributed by atoms with Gasteiger partial charge in [-0.15, -0.1) is 0 Å². The Morgan fingerprint density at radius 3 is 3.11 bits per heavy atom. The highest BCUT2D eigenvalue weighted by Gasteiger charge is 2.28. The molecule has 2 rings (SSSR count). The van der Waals surface area contributed by atoms with Gasteiger partial charge in [-0.05, 0) is 30.5 Å². The lowest BCUT2D eigenvalue weighted by atomic mass is 9.98. The second kappa shape index (κ2) is 6.33. The SMILES string of the molecule is O=C1NCCCC1C(=O)N/N=C/c1cccc(Cl)c1. The summed E-state index contributed by atoms with van der Waals surface area (Å²) in [5, 5.41) is 7.09. The number of halogens is 1. The quantitative estimate of drug-likeness (QED) is 0.498. The fourth-order valence-corrected chi connectivity index (χ4v) is 2.06. The lowest BCUT2D eigenvalue weighted by molar-refractivity contribution is -0.136. The summed E-state index contributed by atoms with van der Waals surface area (Å²) in [6.45, 7) is 0.633. The summed E-state index contributed by atoms with van der Waals surface area (Å²) in [7, 11) is 0. The zero-order chi connectivity index (χ0) is 13.7. The van der Waals surface area contributed by atoms with Crippen LogP contribution in [0.2, 0.25) is 5.02 Å². The van der Waals surface area contributed by atoms with Crippen LogP contribution in [0.4, 0.5) is 0 Å². The number of rotatable bonds is 3. The molecular weight excluding hydrogens is 266 g/mol. The summed E-state index contributed by atoms with van der Waals surface area (Å²) in [5.74, 6) is -1.26. The van der Waals surface area contributed by atoms with Crippen molar-refractivity contribution < 1.29 is 9.59 Å². The van der Waals surface area contributed by atoms with Crippen LogP contribution in [0.5, 0.6) is 0 Å². The van der Waals surface area contributed by atoms with E-state index in [-0.39, 0.29) is 11.8 Å². The van der Waals surface area contributed by atoms with Crippen LogP contribution in [0.3, 0.4) is 0 Å². The van der Waals surface area contributed by atoms with Gasteiger partial charge >= 0.3 is 0 Å². The lowest BCUT2D eigenvalue weighted by Crippen LogP contribution is -2.43. The number of nitrogens with one attached hydrogen (secondary N) is 2. The molecule has 0 aromatic heterocycles. The second-order valence-corrected chi connectivity index (χ2v) is 4.71. The van der Waals surface area contributed by atoms with Gasteiger partial charge in [-0.2, -0.15) is 5.10 Å². The Kier molecular flexibility index (Phi) is 4.52. The Bertz CT molecular complexity index is 516. The van der Waals surface area contributed by atoms with E-state index >= 15 is 0 Å². The third kappa shape index (κ3) is 3.79. The number of amides is 2. The van der Waals surface area contributed by atoms with Crippen LogP contribution in [-0.2, 0) is 9.59 Å². The Balaban J connectivity index is 1.91. The summed E-state index contributed by atoms with van der Waals surface area (Å²) in [4.78, 5) is 23.2. The minimum atomic E-state index is -0.648. The summed E-state index contributed by atoms with van der Waals surface area (Å²) >= 11 is 5.83. The van der Waals surface area contributed by atoms with Crippen molar-refractivity contribution in [2.45, 2.75) is 12.8 Å². The minimum Gasteiger partial charge on any atom is -0.355 e. The van der Waals surface area contributed by atoms with Crippen molar-refractivity contribution in [3.8, 4) is 0 Å². The number of hydrogen-bond acceptors (Lipinski definition) is 3. The maximum Gasteiger partial charge on any atom is 0.252 e. The zero-order valence-electron chi connectivity index (χ0n) is 10.2. The van der Waals surface area contributed by atoms with E-state index in [1.54, 1.807) is 18.2 Å². The summed E-state index contributed by atoms with van der Waals surface area (Å²) < 4.78 is 0. The first-order chi connectivity index (χ1) is 9.16. The summed E-state index contributed by atoms with van der Waals surface area (Å²) in [6.07, 6.45) is 2.86. The average molecular weight is 280 g/mol. The Morgan fingerprint density at radius 1 is 1.53 bits per heavy atom. The number of piperidine rings is 1. The van der Waals surface area contributed by atoms with Gasteiger partial charge in [0.1, 0.15) is 5.92 Å². The third-order valence-corrected chi connectivity index (χ3v) is 3.07. The van der Waals surface area contributed by atoms with Crippen molar-refractivity contribution in [1.29, 1.82) is 0 Å². The van der Waals surface area contributed by atoms with Crippen molar-refractivity contribution in [3.05, 3.63) is 34.9 Å². The molecule has 1 unspecified atom stereocenters. The van der Waals surface area contributed by atoms with Gasteiger partial charge in [-0.25, -0.2) is 5.43 Å². The molecule has 5 nitrogen and oxygen atoms in total. The predicted molar refractivity (Wildman–Crippen MR) is 72.9 cm³/mol. The lowest BCUT2D eigenvalue weighted by Gasteiger charge is -2.19. The van der Waals surface area contributed by atoms with Crippen LogP contribution in [0.1, 0.15) is 18.4 Å². The van der Waals surface area contributed by atoms with Crippen LogP contribution in [-0.4, -0.2) is 24.6 Å². The zero-order valence-corrected chi connectivity index (χ0v) is 11.0. The molecule has 1 aromatic rings. The van der Waals surface area contributed by atoms with Gasteiger partial charge in [-0.1, -0.05) is 23.7 Å². The molecule has 0 bridgehead atoms. The van der Waals surface area contributed by atoms with Crippen LogP contribution in [0.25, 0.3) is 0 Å². The highest BCUT2D eigenvalue weighted by Crippen LogP contribution is 2.11. The molecule has 1 fully saturated rings. The molecule has 0 radical (unpaired) electrons. The van der Waals surface area contributed by atoms with Gasteiger partial charge in [-0.3, -0.25) is 9.59 Å². The first-order valence-electron chi connectivity index (χ1n) is 6.03. The monoisotopic (exact) mass is 279 g/mol. The predicted octanol–water partition coefficient (Wildman–Crippen LogP) is 1.32. The molecule has 1 heterocycles. The van der Waals surface area contributed by atoms with Gasteiger partial charge in [0, 0.05) is 11.6 Å². The number of carbonyl (C=O) groups is 2. The number of nitrogens with zero attached hydrogens (tertiary/aromatic N) is 1. The Labute approximate surface area is 116 Å². The van der Waals surface area contributed by atoms with Gasteiger partial charge in [0.25, 0.3) is 5.91 Å². The van der Waals surface area contributed by atoms with E-state index < -0.39 is 5.92 Å². The first kappa shape index (κ1) is 13.5. The summed E-state index contributed by atoms with van der Waals surface area (Å²) in [5.41, 5.74) is 3.16. The Morgan fingerprint density at radius 2 is 2.37 bits per heavy atom. The topological polar surface area (TPSA) is 70.6 Å². The molecule has 0 aliphatic carbocycles. The molecule has 2 amide bonds. The standard InChI is InChI=1S/C13H14ClN3O2/c14-10-4-1-3-9(7-10)8-16-17-13(19)11-5-2-6-15-12(11)18/h1,3-4,7-8,11H,2,5-6H2,(H,15,18)(H,17,19)/b16-8+. The molecule has 1 saturated heterocycles. The minimum absolute atomic E-state index is 0.235. The van der Waals surface area contributed by atoms with Gasteiger partial charge < -0.3 is 5.32 Å². The number of hydrogen-bond donors (Lipinski definition) is 2.